The van der Waals surface area contributed by atoms with Crippen LogP contribution in [-0.4, -0.2) is 31.5 Å². The van der Waals surface area contributed by atoms with Crippen LogP contribution in [0.3, 0.4) is 0 Å². The Morgan fingerprint density at radius 3 is 1.70 bits per heavy atom. The standard InChI is InChI=1S/C15H17I2NOTe/c1-18(2)12-4-8-14(9-5-12)20(16,17)15-10-6-13(19-3)7-11-15/h4-11H,1-3H3. The Kier molecular flexibility index (Phi) is 5.86. The van der Waals surface area contributed by atoms with Crippen LogP contribution in [0.25, 0.3) is 0 Å². The van der Waals surface area contributed by atoms with E-state index in [4.69, 9.17) is 4.74 Å². The van der Waals surface area contributed by atoms with Crippen LogP contribution in [0.15, 0.2) is 48.5 Å². The molecule has 0 aliphatic carbocycles. The Hall–Kier alpha value is 0.290. The first-order valence-electron chi connectivity index (χ1n) is 6.09. The second-order valence-electron chi connectivity index (χ2n) is 4.53. The molecule has 0 heterocycles. The third-order valence-electron chi connectivity index (χ3n) is 3.00. The summed E-state index contributed by atoms with van der Waals surface area (Å²) >= 11 is 5.37. The fourth-order valence-corrected chi connectivity index (χ4v) is 13.2. The van der Waals surface area contributed by atoms with Gasteiger partial charge in [-0.1, -0.05) is 0 Å². The van der Waals surface area contributed by atoms with E-state index in [1.807, 2.05) is 0 Å². The third-order valence-corrected chi connectivity index (χ3v) is 21.6. The average molecular weight is 609 g/mol. The first-order valence-corrected chi connectivity index (χ1v) is 22.0. The number of anilines is 1. The van der Waals surface area contributed by atoms with Crippen LogP contribution in [0.2, 0.25) is 0 Å². The molecular formula is C15H17I2NOTe. The van der Waals surface area contributed by atoms with E-state index in [1.54, 1.807) is 7.11 Å². The molecule has 20 heavy (non-hydrogen) atoms. The summed E-state index contributed by atoms with van der Waals surface area (Å²) in [6.45, 7) is 0. The predicted molar refractivity (Wildman–Crippen MR) is 107 cm³/mol. The summed E-state index contributed by atoms with van der Waals surface area (Å²) in [7, 11) is 3.57. The van der Waals surface area contributed by atoms with E-state index in [9.17, 15) is 0 Å². The monoisotopic (exact) mass is 611 g/mol. The molecule has 108 valence electrons. The molecule has 2 aromatic rings. The molecule has 0 spiro atoms. The van der Waals surface area contributed by atoms with E-state index in [0.717, 1.165) is 5.75 Å². The van der Waals surface area contributed by atoms with Crippen LogP contribution in [0, 0.1) is 0 Å². The predicted octanol–water partition coefficient (Wildman–Crippen LogP) is 3.19. The van der Waals surface area contributed by atoms with E-state index < -0.39 is 10.3 Å². The summed E-state index contributed by atoms with van der Waals surface area (Å²) in [5, 5.41) is 0. The first kappa shape index (κ1) is 16.7. The molecule has 0 aromatic heterocycles. The Balaban J connectivity index is 2.32. The van der Waals surface area contributed by atoms with Gasteiger partial charge in [0.05, 0.1) is 0 Å². The minimum atomic E-state index is -2.27. The van der Waals surface area contributed by atoms with Crippen molar-refractivity contribution < 1.29 is 4.74 Å². The van der Waals surface area contributed by atoms with Gasteiger partial charge in [0.1, 0.15) is 0 Å². The van der Waals surface area contributed by atoms with Gasteiger partial charge in [-0.05, 0) is 0 Å². The van der Waals surface area contributed by atoms with Gasteiger partial charge in [-0.15, -0.1) is 0 Å². The van der Waals surface area contributed by atoms with E-state index in [1.165, 1.54) is 12.9 Å². The number of ether oxygens (including phenoxy) is 1. The Bertz CT molecular complexity index is 567. The molecular weight excluding hydrogens is 592 g/mol. The summed E-state index contributed by atoms with van der Waals surface area (Å²) < 4.78 is 8.17. The molecule has 0 bridgehead atoms. The van der Waals surface area contributed by atoms with E-state index in [0.29, 0.717) is 0 Å². The fraction of sp³-hybridized carbons (Fsp3) is 0.200. The van der Waals surface area contributed by atoms with Crippen LogP contribution in [0.4, 0.5) is 5.69 Å². The zero-order chi connectivity index (χ0) is 14.8. The quantitative estimate of drug-likeness (QED) is 0.391. The molecule has 0 unspecified atom stereocenters. The molecule has 0 aliphatic heterocycles. The molecule has 2 nitrogen and oxygen atoms in total. The Morgan fingerprint density at radius 2 is 1.30 bits per heavy atom. The van der Waals surface area contributed by atoms with Gasteiger partial charge < -0.3 is 0 Å². The van der Waals surface area contributed by atoms with Crippen LogP contribution >= 0.6 is 37.4 Å². The van der Waals surface area contributed by atoms with E-state index >= 15 is 0 Å². The average Bonchev–Trinajstić information content (AvgIpc) is 2.47. The van der Waals surface area contributed by atoms with Crippen molar-refractivity contribution in [2.75, 3.05) is 26.1 Å². The summed E-state index contributed by atoms with van der Waals surface area (Å²) in [5.74, 6) is 0.920. The van der Waals surface area contributed by atoms with Gasteiger partial charge in [-0.25, -0.2) is 0 Å². The normalized spacial score (nSPS) is 12.1. The van der Waals surface area contributed by atoms with Crippen LogP contribution < -0.4 is 16.9 Å². The van der Waals surface area contributed by atoms with Crippen LogP contribution in [-0.2, 0) is 0 Å². The first-order chi connectivity index (χ1) is 9.45. The van der Waals surface area contributed by atoms with Gasteiger partial charge in [0, 0.05) is 0 Å². The Morgan fingerprint density at radius 1 is 0.850 bits per heavy atom. The number of hydrogen-bond donors (Lipinski definition) is 0. The molecule has 0 fully saturated rings. The molecule has 0 saturated heterocycles. The third kappa shape index (κ3) is 3.73. The minimum absolute atomic E-state index is 0.920. The number of methoxy groups -OCH3 is 1. The van der Waals surface area contributed by atoms with Gasteiger partial charge in [-0.2, -0.15) is 0 Å². The number of halogens is 2. The van der Waals surface area contributed by atoms with Crippen molar-refractivity contribution in [3.05, 3.63) is 48.5 Å². The van der Waals surface area contributed by atoms with Crippen molar-refractivity contribution in [2.24, 2.45) is 0 Å². The van der Waals surface area contributed by atoms with Crippen molar-refractivity contribution >= 4 is 60.6 Å². The molecule has 0 atom stereocenters. The van der Waals surface area contributed by atoms with Gasteiger partial charge in [0.15, 0.2) is 0 Å². The summed E-state index contributed by atoms with van der Waals surface area (Å²) in [6, 6.07) is 17.5. The number of nitrogens with zero attached hydrogens (tertiary/aromatic N) is 1. The van der Waals surface area contributed by atoms with Gasteiger partial charge >= 0.3 is 146 Å². The molecule has 5 heteroatoms. The fourth-order valence-electron chi connectivity index (χ4n) is 1.80. The summed E-state index contributed by atoms with van der Waals surface area (Å²) in [5.41, 5.74) is 1.25. The van der Waals surface area contributed by atoms with Crippen LogP contribution in [0.1, 0.15) is 0 Å². The van der Waals surface area contributed by atoms with Gasteiger partial charge in [0.25, 0.3) is 0 Å². The SMILES string of the molecule is COc1ccc([Te](I)(I)c2ccc(N(C)C)cc2)cc1. The van der Waals surface area contributed by atoms with Crippen molar-refractivity contribution in [3.63, 3.8) is 0 Å². The topological polar surface area (TPSA) is 12.5 Å². The second-order valence-corrected chi connectivity index (χ2v) is 38.9. The maximum atomic E-state index is 5.24. The van der Waals surface area contributed by atoms with Gasteiger partial charge in [-0.3, -0.25) is 0 Å². The molecule has 0 N–H and O–H groups in total. The maximum absolute atomic E-state index is 5.24. The molecule has 0 radical (unpaired) electrons. The second kappa shape index (κ2) is 7.03. The molecule has 2 rings (SSSR count). The summed E-state index contributed by atoms with van der Waals surface area (Å²) in [6.07, 6.45) is 0. The molecule has 2 aromatic carbocycles. The zero-order valence-corrected chi connectivity index (χ0v) is 18.3. The Labute approximate surface area is 144 Å². The zero-order valence-electron chi connectivity index (χ0n) is 11.6. The van der Waals surface area contributed by atoms with Crippen molar-refractivity contribution in [3.8, 4) is 5.75 Å². The van der Waals surface area contributed by atoms with Crippen molar-refractivity contribution in [1.29, 1.82) is 0 Å². The number of hydrogen-bond acceptors (Lipinski definition) is 2. The van der Waals surface area contributed by atoms with Gasteiger partial charge in [0.2, 0.25) is 0 Å². The number of benzene rings is 2. The van der Waals surface area contributed by atoms with Crippen molar-refractivity contribution in [1.82, 2.24) is 0 Å². The van der Waals surface area contributed by atoms with E-state index in [2.05, 4.69) is 105 Å². The van der Waals surface area contributed by atoms with Crippen molar-refractivity contribution in [2.45, 2.75) is 0 Å². The van der Waals surface area contributed by atoms with Crippen LogP contribution in [0.5, 0.6) is 5.75 Å². The molecule has 0 amide bonds. The number of rotatable bonds is 4. The summed E-state index contributed by atoms with van der Waals surface area (Å²) in [4.78, 5) is 2.13. The molecule has 0 saturated carbocycles. The molecule has 0 aliphatic rings. The van der Waals surface area contributed by atoms with E-state index in [-0.39, 0.29) is 0 Å².